The Morgan fingerprint density at radius 2 is 2.05 bits per heavy atom. The molecule has 4 nitrogen and oxygen atoms in total. The lowest BCUT2D eigenvalue weighted by Gasteiger charge is -2.19. The quantitative estimate of drug-likeness (QED) is 0.929. The van der Waals surface area contributed by atoms with E-state index in [1.165, 1.54) is 5.56 Å². The first-order chi connectivity index (χ1) is 9.52. The number of carbonyl (C=O) groups is 1. The van der Waals surface area contributed by atoms with Crippen LogP contribution in [0.15, 0.2) is 36.5 Å². The van der Waals surface area contributed by atoms with Gasteiger partial charge in [0.05, 0.1) is 5.69 Å². The third kappa shape index (κ3) is 2.85. The van der Waals surface area contributed by atoms with Crippen molar-refractivity contribution in [1.29, 1.82) is 0 Å². The van der Waals surface area contributed by atoms with Gasteiger partial charge in [-0.05, 0) is 31.0 Å². The fraction of sp³-hybridized carbons (Fsp3) is 0.312. The van der Waals surface area contributed by atoms with Crippen molar-refractivity contribution in [1.82, 2.24) is 9.47 Å². The van der Waals surface area contributed by atoms with Gasteiger partial charge in [0.1, 0.15) is 5.69 Å². The Kier molecular flexibility index (Phi) is 4.13. The van der Waals surface area contributed by atoms with E-state index in [0.717, 1.165) is 12.1 Å². The van der Waals surface area contributed by atoms with Crippen LogP contribution in [0.5, 0.6) is 0 Å². The van der Waals surface area contributed by atoms with Gasteiger partial charge in [-0.1, -0.05) is 24.3 Å². The number of rotatable bonds is 4. The van der Waals surface area contributed by atoms with Gasteiger partial charge < -0.3 is 15.2 Å². The molecule has 20 heavy (non-hydrogen) atoms. The summed E-state index contributed by atoms with van der Waals surface area (Å²) >= 11 is 0. The molecule has 0 aliphatic heterocycles. The highest BCUT2D eigenvalue weighted by molar-refractivity contribution is 5.93. The van der Waals surface area contributed by atoms with E-state index in [1.54, 1.807) is 17.2 Å². The third-order valence-electron chi connectivity index (χ3n) is 3.49. The van der Waals surface area contributed by atoms with Crippen LogP contribution in [0.4, 0.5) is 5.69 Å². The van der Waals surface area contributed by atoms with Crippen LogP contribution in [0.1, 0.15) is 28.5 Å². The number of anilines is 1. The molecule has 1 amide bonds. The van der Waals surface area contributed by atoms with Crippen molar-refractivity contribution >= 4 is 11.6 Å². The zero-order valence-electron chi connectivity index (χ0n) is 12.3. The van der Waals surface area contributed by atoms with E-state index in [9.17, 15) is 4.79 Å². The van der Waals surface area contributed by atoms with Crippen LogP contribution in [0.25, 0.3) is 0 Å². The van der Waals surface area contributed by atoms with Gasteiger partial charge in [0.2, 0.25) is 0 Å². The summed E-state index contributed by atoms with van der Waals surface area (Å²) in [7, 11) is 1.82. The van der Waals surface area contributed by atoms with Crippen LogP contribution in [-0.4, -0.2) is 22.4 Å². The van der Waals surface area contributed by atoms with Crippen molar-refractivity contribution < 1.29 is 4.79 Å². The number of hydrogen-bond acceptors (Lipinski definition) is 2. The number of nitrogens with two attached hydrogens (primary N) is 1. The summed E-state index contributed by atoms with van der Waals surface area (Å²) in [5.41, 5.74) is 9.39. The molecular weight excluding hydrogens is 250 g/mol. The first kappa shape index (κ1) is 14.2. The van der Waals surface area contributed by atoms with Gasteiger partial charge in [-0.25, -0.2) is 0 Å². The molecule has 1 aromatic carbocycles. The first-order valence-electron chi connectivity index (χ1n) is 6.78. The fourth-order valence-corrected chi connectivity index (χ4v) is 2.28. The maximum absolute atomic E-state index is 12.5. The Labute approximate surface area is 119 Å². The standard InChI is InChI=1S/C16H21N3O/c1-4-19-11-14(17)9-15(19)16(20)18(3)10-13-8-6-5-7-12(13)2/h5-9,11H,4,10,17H2,1-3H3. The van der Waals surface area contributed by atoms with E-state index in [2.05, 4.69) is 13.0 Å². The van der Waals surface area contributed by atoms with Crippen LogP contribution in [0, 0.1) is 6.92 Å². The van der Waals surface area contributed by atoms with E-state index in [-0.39, 0.29) is 5.91 Å². The molecule has 0 saturated heterocycles. The van der Waals surface area contributed by atoms with E-state index in [0.29, 0.717) is 17.9 Å². The molecule has 106 valence electrons. The summed E-state index contributed by atoms with van der Waals surface area (Å²) in [5.74, 6) is -0.00759. The van der Waals surface area contributed by atoms with Gasteiger partial charge in [0.15, 0.2) is 0 Å². The second-order valence-electron chi connectivity index (χ2n) is 5.03. The van der Waals surface area contributed by atoms with Gasteiger partial charge in [-0.3, -0.25) is 4.79 Å². The van der Waals surface area contributed by atoms with Crippen molar-refractivity contribution in [3.8, 4) is 0 Å². The minimum atomic E-state index is -0.00759. The van der Waals surface area contributed by atoms with Crippen molar-refractivity contribution in [3.05, 3.63) is 53.3 Å². The zero-order chi connectivity index (χ0) is 14.7. The number of nitrogens with zero attached hydrogens (tertiary/aromatic N) is 2. The maximum atomic E-state index is 12.5. The fourth-order valence-electron chi connectivity index (χ4n) is 2.28. The predicted octanol–water partition coefficient (Wildman–Crippen LogP) is 2.67. The van der Waals surface area contributed by atoms with Gasteiger partial charge >= 0.3 is 0 Å². The molecule has 1 heterocycles. The first-order valence-corrected chi connectivity index (χ1v) is 6.78. The second kappa shape index (κ2) is 5.82. The van der Waals surface area contributed by atoms with Crippen molar-refractivity contribution in [2.75, 3.05) is 12.8 Å². The maximum Gasteiger partial charge on any atom is 0.270 e. The topological polar surface area (TPSA) is 51.3 Å². The number of carbonyl (C=O) groups excluding carboxylic acids is 1. The Morgan fingerprint density at radius 3 is 2.70 bits per heavy atom. The number of hydrogen-bond donors (Lipinski definition) is 1. The summed E-state index contributed by atoms with van der Waals surface area (Å²) in [6, 6.07) is 9.84. The van der Waals surface area contributed by atoms with E-state index < -0.39 is 0 Å². The van der Waals surface area contributed by atoms with E-state index in [1.807, 2.05) is 36.7 Å². The molecule has 1 aromatic heterocycles. The lowest BCUT2D eigenvalue weighted by atomic mass is 10.1. The highest BCUT2D eigenvalue weighted by Gasteiger charge is 2.17. The highest BCUT2D eigenvalue weighted by Crippen LogP contribution is 2.15. The average Bonchev–Trinajstić information content (AvgIpc) is 2.81. The number of aryl methyl sites for hydroxylation is 2. The third-order valence-corrected chi connectivity index (χ3v) is 3.49. The summed E-state index contributed by atoms with van der Waals surface area (Å²) in [6.45, 7) is 5.38. The van der Waals surface area contributed by atoms with Gasteiger partial charge in [0.25, 0.3) is 5.91 Å². The molecule has 2 aromatic rings. The number of aromatic nitrogens is 1. The molecule has 4 heteroatoms. The molecule has 0 fully saturated rings. The molecule has 0 unspecified atom stereocenters. The molecule has 2 rings (SSSR count). The number of benzene rings is 1. The summed E-state index contributed by atoms with van der Waals surface area (Å²) < 4.78 is 1.88. The lowest BCUT2D eigenvalue weighted by molar-refractivity contribution is 0.0774. The second-order valence-corrected chi connectivity index (χ2v) is 5.03. The zero-order valence-corrected chi connectivity index (χ0v) is 12.3. The van der Waals surface area contributed by atoms with Crippen molar-refractivity contribution in [2.45, 2.75) is 26.9 Å². The lowest BCUT2D eigenvalue weighted by Crippen LogP contribution is -2.28. The molecule has 0 bridgehead atoms. The van der Waals surface area contributed by atoms with E-state index in [4.69, 9.17) is 5.73 Å². The minimum Gasteiger partial charge on any atom is -0.397 e. The van der Waals surface area contributed by atoms with Crippen molar-refractivity contribution in [3.63, 3.8) is 0 Å². The molecule has 0 spiro atoms. The Morgan fingerprint density at radius 1 is 1.35 bits per heavy atom. The SMILES string of the molecule is CCn1cc(N)cc1C(=O)N(C)Cc1ccccc1C. The van der Waals surface area contributed by atoms with Crippen LogP contribution in [0.3, 0.4) is 0 Å². The van der Waals surface area contributed by atoms with Crippen LogP contribution in [0.2, 0.25) is 0 Å². The molecule has 0 atom stereocenters. The molecule has 0 saturated carbocycles. The minimum absolute atomic E-state index is 0.00759. The average molecular weight is 271 g/mol. The van der Waals surface area contributed by atoms with Gasteiger partial charge in [-0.2, -0.15) is 0 Å². The molecular formula is C16H21N3O. The number of nitrogen functional groups attached to an aromatic ring is 1. The summed E-state index contributed by atoms with van der Waals surface area (Å²) in [5, 5.41) is 0. The Balaban J connectivity index is 2.18. The van der Waals surface area contributed by atoms with Crippen LogP contribution in [-0.2, 0) is 13.1 Å². The molecule has 2 N–H and O–H groups in total. The normalized spacial score (nSPS) is 10.6. The molecule has 0 radical (unpaired) electrons. The smallest absolute Gasteiger partial charge is 0.270 e. The molecule has 0 aliphatic carbocycles. The monoisotopic (exact) mass is 271 g/mol. The summed E-state index contributed by atoms with van der Waals surface area (Å²) in [6.07, 6.45) is 1.80. The predicted molar refractivity (Wildman–Crippen MR) is 81.5 cm³/mol. The summed E-state index contributed by atoms with van der Waals surface area (Å²) in [4.78, 5) is 14.2. The Bertz CT molecular complexity index is 616. The number of amides is 1. The highest BCUT2D eigenvalue weighted by atomic mass is 16.2. The largest absolute Gasteiger partial charge is 0.397 e. The Hall–Kier alpha value is -2.23. The van der Waals surface area contributed by atoms with Crippen molar-refractivity contribution in [2.24, 2.45) is 0 Å². The van der Waals surface area contributed by atoms with Crippen LogP contribution >= 0.6 is 0 Å². The van der Waals surface area contributed by atoms with E-state index >= 15 is 0 Å². The van der Waals surface area contributed by atoms with Gasteiger partial charge in [-0.15, -0.1) is 0 Å². The molecule has 0 aliphatic rings. The van der Waals surface area contributed by atoms with Crippen LogP contribution < -0.4 is 5.73 Å². The van der Waals surface area contributed by atoms with Gasteiger partial charge in [0, 0.05) is 26.3 Å².